The van der Waals surface area contributed by atoms with Gasteiger partial charge in [-0.3, -0.25) is 0 Å². The fraction of sp³-hybridized carbons (Fsp3) is 0.0476. The first-order valence-electron chi connectivity index (χ1n) is 8.00. The highest BCUT2D eigenvalue weighted by atomic mass is 16.5. The van der Waals surface area contributed by atoms with E-state index in [1.165, 1.54) is 0 Å². The molecule has 0 aliphatic rings. The van der Waals surface area contributed by atoms with Gasteiger partial charge in [-0.2, -0.15) is 4.98 Å². The van der Waals surface area contributed by atoms with E-state index in [0.29, 0.717) is 23.0 Å². The summed E-state index contributed by atoms with van der Waals surface area (Å²) in [4.78, 5) is 9.13. The number of ether oxygens (including phenoxy) is 1. The van der Waals surface area contributed by atoms with Gasteiger partial charge in [0.1, 0.15) is 11.5 Å². The second-order valence-corrected chi connectivity index (χ2v) is 5.80. The van der Waals surface area contributed by atoms with E-state index in [1.54, 1.807) is 18.2 Å². The molecular formula is C21H16N2O2. The minimum absolute atomic E-state index is 0.138. The van der Waals surface area contributed by atoms with Gasteiger partial charge in [0.25, 0.3) is 0 Å². The highest BCUT2D eigenvalue weighted by Gasteiger charge is 2.13. The van der Waals surface area contributed by atoms with Crippen molar-refractivity contribution in [3.05, 3.63) is 78.4 Å². The summed E-state index contributed by atoms with van der Waals surface area (Å²) in [5.41, 5.74) is 2.50. The van der Waals surface area contributed by atoms with Crippen LogP contribution in [-0.4, -0.2) is 15.1 Å². The second-order valence-electron chi connectivity index (χ2n) is 5.80. The van der Waals surface area contributed by atoms with Crippen LogP contribution in [0.15, 0.2) is 72.8 Å². The van der Waals surface area contributed by atoms with Gasteiger partial charge in [0.2, 0.25) is 5.88 Å². The Morgan fingerprint density at radius 2 is 1.52 bits per heavy atom. The summed E-state index contributed by atoms with van der Waals surface area (Å²) in [7, 11) is 0. The minimum atomic E-state index is 0.138. The third kappa shape index (κ3) is 3.02. The van der Waals surface area contributed by atoms with Crippen LogP contribution in [0.4, 0.5) is 0 Å². The van der Waals surface area contributed by atoms with Crippen molar-refractivity contribution in [3.63, 3.8) is 0 Å². The highest BCUT2D eigenvalue weighted by Crippen LogP contribution is 2.32. The number of hydrogen-bond donors (Lipinski definition) is 1. The van der Waals surface area contributed by atoms with Gasteiger partial charge in [-0.25, -0.2) is 4.98 Å². The van der Waals surface area contributed by atoms with Gasteiger partial charge in [-0.05, 0) is 43.3 Å². The Bertz CT molecular complexity index is 1040. The zero-order valence-corrected chi connectivity index (χ0v) is 13.7. The average Bonchev–Trinajstić information content (AvgIpc) is 2.64. The molecule has 122 valence electrons. The molecule has 0 saturated carbocycles. The number of aryl methyl sites for hydroxylation is 1. The van der Waals surface area contributed by atoms with Crippen molar-refractivity contribution in [2.24, 2.45) is 0 Å². The van der Waals surface area contributed by atoms with Gasteiger partial charge < -0.3 is 9.84 Å². The largest absolute Gasteiger partial charge is 0.507 e. The number of benzene rings is 3. The summed E-state index contributed by atoms with van der Waals surface area (Å²) in [5, 5.41) is 10.9. The summed E-state index contributed by atoms with van der Waals surface area (Å²) >= 11 is 0. The number of nitrogens with zero attached hydrogens (tertiary/aromatic N) is 2. The normalized spacial score (nSPS) is 10.8. The van der Waals surface area contributed by atoms with E-state index in [9.17, 15) is 5.11 Å². The third-order valence-electron chi connectivity index (χ3n) is 3.95. The molecule has 0 radical (unpaired) electrons. The third-order valence-corrected chi connectivity index (χ3v) is 3.95. The lowest BCUT2D eigenvalue weighted by Gasteiger charge is -2.11. The van der Waals surface area contributed by atoms with Gasteiger partial charge in [0, 0.05) is 0 Å². The molecule has 25 heavy (non-hydrogen) atoms. The predicted octanol–water partition coefficient (Wildman–Crippen LogP) is 5.10. The average molecular weight is 328 g/mol. The summed E-state index contributed by atoms with van der Waals surface area (Å²) in [5.74, 6) is 1.74. The van der Waals surface area contributed by atoms with Gasteiger partial charge in [-0.15, -0.1) is 0 Å². The molecule has 4 nitrogen and oxygen atoms in total. The van der Waals surface area contributed by atoms with Crippen LogP contribution in [0.1, 0.15) is 5.56 Å². The first kappa shape index (κ1) is 15.1. The van der Waals surface area contributed by atoms with Gasteiger partial charge in [0.15, 0.2) is 5.82 Å². The summed E-state index contributed by atoms with van der Waals surface area (Å²) < 4.78 is 6.02. The molecular weight excluding hydrogens is 312 g/mol. The van der Waals surface area contributed by atoms with Crippen LogP contribution in [0.3, 0.4) is 0 Å². The molecule has 0 aliphatic heterocycles. The molecule has 4 aromatic rings. The summed E-state index contributed by atoms with van der Waals surface area (Å²) in [6.07, 6.45) is 0. The lowest BCUT2D eigenvalue weighted by molar-refractivity contribution is 0.467. The van der Waals surface area contributed by atoms with Crippen LogP contribution in [0.2, 0.25) is 0 Å². The number of fused-ring (bicyclic) bond motifs is 1. The maximum Gasteiger partial charge on any atom is 0.230 e. The maximum atomic E-state index is 10.1. The van der Waals surface area contributed by atoms with Gasteiger partial charge >= 0.3 is 0 Å². The van der Waals surface area contributed by atoms with Crippen molar-refractivity contribution in [3.8, 4) is 28.8 Å². The van der Waals surface area contributed by atoms with Crippen molar-refractivity contribution in [1.82, 2.24) is 9.97 Å². The van der Waals surface area contributed by atoms with Crippen molar-refractivity contribution in [2.45, 2.75) is 6.92 Å². The number of aromatic nitrogens is 2. The van der Waals surface area contributed by atoms with E-state index in [0.717, 1.165) is 16.5 Å². The smallest absolute Gasteiger partial charge is 0.230 e. The van der Waals surface area contributed by atoms with Crippen molar-refractivity contribution in [2.75, 3.05) is 0 Å². The van der Waals surface area contributed by atoms with Gasteiger partial charge in [0.05, 0.1) is 16.5 Å². The van der Waals surface area contributed by atoms with Crippen LogP contribution in [-0.2, 0) is 0 Å². The van der Waals surface area contributed by atoms with Crippen LogP contribution >= 0.6 is 0 Å². The van der Waals surface area contributed by atoms with Crippen LogP contribution in [0.5, 0.6) is 17.4 Å². The predicted molar refractivity (Wildman–Crippen MR) is 97.9 cm³/mol. The molecule has 1 N–H and O–H groups in total. The zero-order valence-electron chi connectivity index (χ0n) is 13.7. The SMILES string of the molecule is Cc1ccc(Oc2nc(-c3ccccc3O)nc3ccccc23)cc1. The molecule has 1 aromatic heterocycles. The van der Waals surface area contributed by atoms with Crippen molar-refractivity contribution >= 4 is 10.9 Å². The first-order valence-corrected chi connectivity index (χ1v) is 8.00. The molecule has 0 spiro atoms. The lowest BCUT2D eigenvalue weighted by Crippen LogP contribution is -1.96. The molecule has 0 aliphatic carbocycles. The molecule has 0 bridgehead atoms. The van der Waals surface area contributed by atoms with E-state index in [-0.39, 0.29) is 5.75 Å². The standard InChI is InChI=1S/C21H16N2O2/c1-14-10-12-15(13-11-14)25-21-16-6-2-4-8-18(16)22-20(23-21)17-7-3-5-9-19(17)24/h2-13,24H,1H3. The summed E-state index contributed by atoms with van der Waals surface area (Å²) in [6, 6.07) is 22.5. The van der Waals surface area contributed by atoms with E-state index in [1.807, 2.05) is 61.5 Å². The Kier molecular flexibility index (Phi) is 3.78. The number of para-hydroxylation sites is 2. The molecule has 4 rings (SSSR count). The zero-order chi connectivity index (χ0) is 17.2. The van der Waals surface area contributed by atoms with E-state index in [4.69, 9.17) is 4.74 Å². The molecule has 0 amide bonds. The van der Waals surface area contributed by atoms with Gasteiger partial charge in [-0.1, -0.05) is 42.0 Å². The Morgan fingerprint density at radius 3 is 2.32 bits per heavy atom. The van der Waals surface area contributed by atoms with E-state index in [2.05, 4.69) is 9.97 Å². The van der Waals surface area contributed by atoms with E-state index < -0.39 is 0 Å². The first-order chi connectivity index (χ1) is 12.2. The molecule has 0 fully saturated rings. The number of aromatic hydroxyl groups is 1. The maximum absolute atomic E-state index is 10.1. The minimum Gasteiger partial charge on any atom is -0.507 e. The molecule has 0 saturated heterocycles. The molecule has 0 unspecified atom stereocenters. The van der Waals surface area contributed by atoms with E-state index >= 15 is 0 Å². The second kappa shape index (κ2) is 6.24. The highest BCUT2D eigenvalue weighted by molar-refractivity contribution is 5.85. The fourth-order valence-electron chi connectivity index (χ4n) is 2.63. The van der Waals surface area contributed by atoms with Crippen LogP contribution in [0, 0.1) is 6.92 Å². The van der Waals surface area contributed by atoms with Crippen LogP contribution in [0.25, 0.3) is 22.3 Å². The number of phenols is 1. The number of rotatable bonds is 3. The number of hydrogen-bond acceptors (Lipinski definition) is 4. The lowest BCUT2D eigenvalue weighted by atomic mass is 10.1. The Hall–Kier alpha value is -3.40. The monoisotopic (exact) mass is 328 g/mol. The molecule has 4 heteroatoms. The Balaban J connectivity index is 1.87. The topological polar surface area (TPSA) is 55.2 Å². The molecule has 0 atom stereocenters. The Morgan fingerprint density at radius 1 is 0.800 bits per heavy atom. The molecule has 1 heterocycles. The molecule has 3 aromatic carbocycles. The van der Waals surface area contributed by atoms with Crippen LogP contribution < -0.4 is 4.74 Å². The Labute approximate surface area is 145 Å². The van der Waals surface area contributed by atoms with Crippen molar-refractivity contribution in [1.29, 1.82) is 0 Å². The van der Waals surface area contributed by atoms with Crippen molar-refractivity contribution < 1.29 is 9.84 Å². The fourth-order valence-corrected chi connectivity index (χ4v) is 2.63. The summed E-state index contributed by atoms with van der Waals surface area (Å²) in [6.45, 7) is 2.03. The quantitative estimate of drug-likeness (QED) is 0.568. The number of phenolic OH excluding ortho intramolecular Hbond substituents is 1.